The second-order valence-electron chi connectivity index (χ2n) is 2.60. The summed E-state index contributed by atoms with van der Waals surface area (Å²) in [4.78, 5) is 0. The lowest BCUT2D eigenvalue weighted by Crippen LogP contribution is -2.21. The van der Waals surface area contributed by atoms with Gasteiger partial charge in [-0.2, -0.15) is 0 Å². The molecule has 1 fully saturated rings. The number of nitrogens with zero attached hydrogens (tertiary/aromatic N) is 1. The number of hydrogen-bond donors (Lipinski definition) is 1. The van der Waals surface area contributed by atoms with Gasteiger partial charge in [0.1, 0.15) is 0 Å². The van der Waals surface area contributed by atoms with Crippen LogP contribution >= 0.6 is 0 Å². The molecule has 2 N–H and O–H groups in total. The molecule has 1 rings (SSSR count). The van der Waals surface area contributed by atoms with Crippen molar-refractivity contribution in [2.24, 2.45) is 5.73 Å². The normalized spacial score (nSPS) is 32.0. The van der Waals surface area contributed by atoms with E-state index in [1.54, 1.807) is 0 Å². The van der Waals surface area contributed by atoms with E-state index in [-0.39, 0.29) is 6.04 Å². The van der Waals surface area contributed by atoms with Crippen LogP contribution in [0.4, 0.5) is 4.48 Å². The second-order valence-corrected chi connectivity index (χ2v) is 2.60. The molecule has 1 aliphatic rings. The number of nitrogens with two attached hydrogens (primary N) is 1. The molecule has 2 nitrogen and oxygen atoms in total. The third-order valence-corrected chi connectivity index (χ3v) is 1.72. The molecule has 0 radical (unpaired) electrons. The van der Waals surface area contributed by atoms with Crippen LogP contribution in [0.3, 0.4) is 0 Å². The molecule has 9 heavy (non-hydrogen) atoms. The van der Waals surface area contributed by atoms with E-state index in [1.807, 2.05) is 0 Å². The van der Waals surface area contributed by atoms with Crippen molar-refractivity contribution in [3.63, 3.8) is 0 Å². The van der Waals surface area contributed by atoms with Crippen molar-refractivity contribution in [2.45, 2.75) is 25.3 Å². The van der Waals surface area contributed by atoms with Gasteiger partial charge in [-0.25, -0.2) is 0 Å². The predicted molar refractivity (Wildman–Crippen MR) is 34.5 cm³/mol. The summed E-state index contributed by atoms with van der Waals surface area (Å²) in [6, 6.07) is 0.228. The third-order valence-electron chi connectivity index (χ3n) is 1.72. The van der Waals surface area contributed by atoms with Gasteiger partial charge in [0.2, 0.25) is 0 Å². The van der Waals surface area contributed by atoms with Gasteiger partial charge in [-0.05, 0) is 19.3 Å². The predicted octanol–water partition coefficient (Wildman–Crippen LogP) is 0.684. The van der Waals surface area contributed by atoms with Crippen LogP contribution in [0.1, 0.15) is 19.3 Å². The van der Waals surface area contributed by atoms with E-state index in [2.05, 4.69) is 0 Å². The summed E-state index contributed by atoms with van der Waals surface area (Å²) >= 11 is 0. The smallest absolute Gasteiger partial charge is 0.0305 e. The van der Waals surface area contributed by atoms with Gasteiger partial charge in [0.25, 0.3) is 0 Å². The monoisotopic (exact) mass is 132 g/mol. The maximum atomic E-state index is 12.4. The Labute approximate surface area is 54.8 Å². The Balaban J connectivity index is 2.25. The standard InChI is InChI=1S/C6H13FN2/c7-9-4-1-2-6(8)3-5-9/h6H,1-5,8H2. The van der Waals surface area contributed by atoms with Crippen molar-refractivity contribution >= 4 is 0 Å². The summed E-state index contributed by atoms with van der Waals surface area (Å²) in [7, 11) is 0. The van der Waals surface area contributed by atoms with Gasteiger partial charge < -0.3 is 5.73 Å². The van der Waals surface area contributed by atoms with Gasteiger partial charge in [-0.15, -0.1) is 9.60 Å². The Morgan fingerprint density at radius 2 is 2.11 bits per heavy atom. The van der Waals surface area contributed by atoms with Crippen LogP contribution in [0.15, 0.2) is 0 Å². The first-order valence-electron chi connectivity index (χ1n) is 3.45. The molecule has 1 heterocycles. The average molecular weight is 132 g/mol. The maximum absolute atomic E-state index is 12.4. The lowest BCUT2D eigenvalue weighted by atomic mass is 10.1. The topological polar surface area (TPSA) is 29.3 Å². The second kappa shape index (κ2) is 3.13. The van der Waals surface area contributed by atoms with Crippen molar-refractivity contribution < 1.29 is 4.48 Å². The molecule has 0 amide bonds. The van der Waals surface area contributed by atoms with E-state index in [4.69, 9.17) is 5.73 Å². The summed E-state index contributed by atoms with van der Waals surface area (Å²) in [6.07, 6.45) is 2.68. The minimum atomic E-state index is 0.228. The molecule has 54 valence electrons. The zero-order valence-corrected chi connectivity index (χ0v) is 5.52. The van der Waals surface area contributed by atoms with Gasteiger partial charge in [-0.3, -0.25) is 0 Å². The van der Waals surface area contributed by atoms with Crippen LogP contribution in [0.2, 0.25) is 0 Å². The Morgan fingerprint density at radius 3 is 2.89 bits per heavy atom. The Kier molecular flexibility index (Phi) is 2.42. The molecule has 0 aromatic heterocycles. The van der Waals surface area contributed by atoms with Crippen LogP contribution in [-0.2, 0) is 0 Å². The van der Waals surface area contributed by atoms with Gasteiger partial charge in [-0.1, -0.05) is 0 Å². The molecule has 1 unspecified atom stereocenters. The summed E-state index contributed by atoms with van der Waals surface area (Å²) < 4.78 is 12.4. The molecule has 1 aliphatic heterocycles. The molecule has 1 atom stereocenters. The van der Waals surface area contributed by atoms with E-state index in [9.17, 15) is 4.48 Å². The lowest BCUT2D eigenvalue weighted by Gasteiger charge is -2.05. The molecule has 0 aromatic rings. The van der Waals surface area contributed by atoms with Crippen LogP contribution in [0.5, 0.6) is 0 Å². The van der Waals surface area contributed by atoms with Gasteiger partial charge in [0.15, 0.2) is 0 Å². The SMILES string of the molecule is NC1CCCN(F)CC1. The van der Waals surface area contributed by atoms with E-state index in [0.717, 1.165) is 24.4 Å². The van der Waals surface area contributed by atoms with E-state index < -0.39 is 0 Å². The van der Waals surface area contributed by atoms with Crippen molar-refractivity contribution in [3.8, 4) is 0 Å². The molecule has 3 heteroatoms. The van der Waals surface area contributed by atoms with E-state index in [0.29, 0.717) is 13.1 Å². The summed E-state index contributed by atoms with van der Waals surface area (Å²) in [5.41, 5.74) is 5.60. The van der Waals surface area contributed by atoms with Crippen LogP contribution in [0, 0.1) is 0 Å². The van der Waals surface area contributed by atoms with Gasteiger partial charge in [0, 0.05) is 19.1 Å². The fraction of sp³-hybridized carbons (Fsp3) is 1.00. The van der Waals surface area contributed by atoms with Crippen molar-refractivity contribution in [1.82, 2.24) is 5.12 Å². The summed E-state index contributed by atoms with van der Waals surface area (Å²) in [6.45, 7) is 1.08. The molecule has 0 aromatic carbocycles. The molecular weight excluding hydrogens is 119 g/mol. The van der Waals surface area contributed by atoms with Gasteiger partial charge in [0.05, 0.1) is 0 Å². The fourth-order valence-corrected chi connectivity index (χ4v) is 1.09. The quantitative estimate of drug-likeness (QED) is 0.491. The highest BCUT2D eigenvalue weighted by molar-refractivity contribution is 4.67. The fourth-order valence-electron chi connectivity index (χ4n) is 1.09. The van der Waals surface area contributed by atoms with Crippen LogP contribution in [-0.4, -0.2) is 24.3 Å². The molecule has 1 saturated heterocycles. The largest absolute Gasteiger partial charge is 0.328 e. The molecule has 0 aliphatic carbocycles. The number of halogens is 1. The lowest BCUT2D eigenvalue weighted by molar-refractivity contribution is 0.0298. The average Bonchev–Trinajstić information content (AvgIpc) is 1.97. The first-order valence-corrected chi connectivity index (χ1v) is 3.45. The van der Waals surface area contributed by atoms with Crippen molar-refractivity contribution in [3.05, 3.63) is 0 Å². The minimum Gasteiger partial charge on any atom is -0.328 e. The maximum Gasteiger partial charge on any atom is 0.0305 e. The Bertz CT molecular complexity index is 77.1. The van der Waals surface area contributed by atoms with E-state index >= 15 is 0 Å². The van der Waals surface area contributed by atoms with Crippen molar-refractivity contribution in [2.75, 3.05) is 13.1 Å². The van der Waals surface area contributed by atoms with E-state index in [1.165, 1.54) is 0 Å². The first kappa shape index (κ1) is 6.96. The first-order chi connectivity index (χ1) is 4.29. The van der Waals surface area contributed by atoms with Crippen molar-refractivity contribution in [1.29, 1.82) is 0 Å². The Morgan fingerprint density at radius 1 is 1.33 bits per heavy atom. The zero-order valence-electron chi connectivity index (χ0n) is 5.52. The molecule has 0 saturated carbocycles. The van der Waals surface area contributed by atoms with Gasteiger partial charge >= 0.3 is 0 Å². The highest BCUT2D eigenvalue weighted by Gasteiger charge is 2.12. The Hall–Kier alpha value is -0.150. The van der Waals surface area contributed by atoms with Crippen LogP contribution < -0.4 is 5.73 Å². The molecule has 0 bridgehead atoms. The number of rotatable bonds is 0. The third kappa shape index (κ3) is 2.28. The highest BCUT2D eigenvalue weighted by Crippen LogP contribution is 2.08. The molecular formula is C6H13FN2. The molecule has 0 spiro atoms. The summed E-state index contributed by atoms with van der Waals surface area (Å²) in [5.74, 6) is 0. The zero-order chi connectivity index (χ0) is 6.69. The number of hydrogen-bond acceptors (Lipinski definition) is 2. The highest BCUT2D eigenvalue weighted by atomic mass is 19.2. The minimum absolute atomic E-state index is 0.228. The summed E-state index contributed by atoms with van der Waals surface area (Å²) in [5, 5.41) is 0.854. The van der Waals surface area contributed by atoms with Crippen LogP contribution in [0.25, 0.3) is 0 Å².